The van der Waals surface area contributed by atoms with E-state index in [-0.39, 0.29) is 5.60 Å². The van der Waals surface area contributed by atoms with Gasteiger partial charge in [-0.25, -0.2) is 4.98 Å². The van der Waals surface area contributed by atoms with Crippen LogP contribution in [0, 0.1) is 6.92 Å². The van der Waals surface area contributed by atoms with Gasteiger partial charge in [-0.05, 0) is 33.6 Å². The second-order valence-corrected chi connectivity index (χ2v) is 5.41. The zero-order valence-electron chi connectivity index (χ0n) is 12.4. The number of aromatic nitrogens is 2. The van der Waals surface area contributed by atoms with Gasteiger partial charge in [-0.2, -0.15) is 4.98 Å². The van der Waals surface area contributed by atoms with Crippen molar-refractivity contribution < 1.29 is 4.74 Å². The molecule has 1 aliphatic rings. The summed E-state index contributed by atoms with van der Waals surface area (Å²) in [7, 11) is 1.79. The van der Waals surface area contributed by atoms with E-state index in [0.29, 0.717) is 5.95 Å². The minimum atomic E-state index is -0.0754. The van der Waals surface area contributed by atoms with Crippen molar-refractivity contribution in [1.82, 2.24) is 9.97 Å². The van der Waals surface area contributed by atoms with Crippen LogP contribution in [0.1, 0.15) is 32.3 Å². The molecule has 1 fully saturated rings. The Morgan fingerprint density at radius 1 is 1.53 bits per heavy atom. The predicted octanol–water partition coefficient (Wildman–Crippen LogP) is 2.22. The molecule has 0 spiro atoms. The van der Waals surface area contributed by atoms with Crippen molar-refractivity contribution in [3.8, 4) is 0 Å². The van der Waals surface area contributed by atoms with Crippen molar-refractivity contribution in [2.45, 2.75) is 39.2 Å². The smallest absolute Gasteiger partial charge is 0.224 e. The van der Waals surface area contributed by atoms with Crippen LogP contribution < -0.4 is 10.2 Å². The van der Waals surface area contributed by atoms with Crippen molar-refractivity contribution in [3.63, 3.8) is 0 Å². The lowest BCUT2D eigenvalue weighted by Crippen LogP contribution is -2.48. The largest absolute Gasteiger partial charge is 0.377 e. The van der Waals surface area contributed by atoms with Gasteiger partial charge < -0.3 is 15.0 Å². The molecule has 1 saturated heterocycles. The first-order valence-corrected chi connectivity index (χ1v) is 6.95. The average molecular weight is 264 g/mol. The Kier molecular flexibility index (Phi) is 4.24. The molecule has 1 unspecified atom stereocenters. The topological polar surface area (TPSA) is 50.3 Å². The van der Waals surface area contributed by atoms with Crippen LogP contribution in [0.15, 0.2) is 6.20 Å². The van der Waals surface area contributed by atoms with Crippen molar-refractivity contribution in [2.75, 3.05) is 37.0 Å². The number of aryl methyl sites for hydroxylation is 1. The number of piperidine rings is 1. The summed E-state index contributed by atoms with van der Waals surface area (Å²) in [5.74, 6) is 1.72. The molecule has 1 N–H and O–H groups in total. The Labute approximate surface area is 115 Å². The summed E-state index contributed by atoms with van der Waals surface area (Å²) in [6.07, 6.45) is 4.12. The fourth-order valence-corrected chi connectivity index (χ4v) is 2.55. The third-order valence-electron chi connectivity index (χ3n) is 3.73. The van der Waals surface area contributed by atoms with Crippen LogP contribution in [-0.2, 0) is 4.74 Å². The van der Waals surface area contributed by atoms with Gasteiger partial charge in [0.05, 0.1) is 5.60 Å². The van der Waals surface area contributed by atoms with E-state index in [1.807, 2.05) is 13.1 Å². The number of ether oxygens (including phenoxy) is 1. The maximum Gasteiger partial charge on any atom is 0.224 e. The van der Waals surface area contributed by atoms with Crippen LogP contribution in [-0.4, -0.2) is 42.3 Å². The number of hydrogen-bond acceptors (Lipinski definition) is 5. The summed E-state index contributed by atoms with van der Waals surface area (Å²) in [4.78, 5) is 11.2. The second-order valence-electron chi connectivity index (χ2n) is 5.41. The quantitative estimate of drug-likeness (QED) is 0.903. The van der Waals surface area contributed by atoms with Crippen molar-refractivity contribution >= 4 is 11.8 Å². The molecule has 0 radical (unpaired) electrons. The van der Waals surface area contributed by atoms with Gasteiger partial charge in [-0.3, -0.25) is 0 Å². The summed E-state index contributed by atoms with van der Waals surface area (Å²) in [5.41, 5.74) is 1.04. The van der Waals surface area contributed by atoms with Gasteiger partial charge in [0.25, 0.3) is 0 Å². The Bertz CT molecular complexity index is 437. The van der Waals surface area contributed by atoms with Crippen LogP contribution >= 0.6 is 0 Å². The molecule has 106 valence electrons. The minimum absolute atomic E-state index is 0.0754. The van der Waals surface area contributed by atoms with E-state index in [1.165, 1.54) is 0 Å². The van der Waals surface area contributed by atoms with Crippen LogP contribution in [0.25, 0.3) is 0 Å². The molecule has 0 aromatic carbocycles. The number of anilines is 2. The maximum atomic E-state index is 5.65. The van der Waals surface area contributed by atoms with Crippen LogP contribution in [0.4, 0.5) is 11.8 Å². The third kappa shape index (κ3) is 3.15. The molecule has 1 aliphatic heterocycles. The second kappa shape index (κ2) is 5.74. The Hall–Kier alpha value is -1.36. The monoisotopic (exact) mass is 264 g/mol. The van der Waals surface area contributed by atoms with Crippen molar-refractivity contribution in [3.05, 3.63) is 11.8 Å². The Morgan fingerprint density at radius 2 is 2.32 bits per heavy atom. The number of nitrogens with zero attached hydrogens (tertiary/aromatic N) is 3. The lowest BCUT2D eigenvalue weighted by Gasteiger charge is -2.40. The molecule has 0 saturated carbocycles. The highest BCUT2D eigenvalue weighted by Crippen LogP contribution is 2.28. The summed E-state index contributed by atoms with van der Waals surface area (Å²) in [5, 5.41) is 3.17. The average Bonchev–Trinajstić information content (AvgIpc) is 2.41. The van der Waals surface area contributed by atoms with E-state index in [9.17, 15) is 0 Å². The van der Waals surface area contributed by atoms with Crippen LogP contribution in [0.2, 0.25) is 0 Å². The number of nitrogens with one attached hydrogen (secondary N) is 1. The molecule has 0 amide bonds. The zero-order valence-corrected chi connectivity index (χ0v) is 12.4. The molecule has 0 aliphatic carbocycles. The van der Waals surface area contributed by atoms with Gasteiger partial charge in [0.1, 0.15) is 5.82 Å². The predicted molar refractivity (Wildman–Crippen MR) is 77.8 cm³/mol. The van der Waals surface area contributed by atoms with E-state index in [0.717, 1.165) is 43.9 Å². The fourth-order valence-electron chi connectivity index (χ4n) is 2.55. The zero-order chi connectivity index (χ0) is 13.9. The van der Waals surface area contributed by atoms with E-state index in [1.54, 1.807) is 7.11 Å². The molecule has 1 atom stereocenters. The summed E-state index contributed by atoms with van der Waals surface area (Å²) in [6.45, 7) is 9.02. The van der Waals surface area contributed by atoms with Crippen molar-refractivity contribution in [2.24, 2.45) is 0 Å². The van der Waals surface area contributed by atoms with Crippen LogP contribution in [0.3, 0.4) is 0 Å². The first-order chi connectivity index (χ1) is 9.08. The van der Waals surface area contributed by atoms with Gasteiger partial charge in [0.2, 0.25) is 5.95 Å². The lowest BCUT2D eigenvalue weighted by molar-refractivity contribution is -0.00483. The molecule has 19 heavy (non-hydrogen) atoms. The number of rotatable bonds is 4. The minimum Gasteiger partial charge on any atom is -0.377 e. The van der Waals surface area contributed by atoms with E-state index < -0.39 is 0 Å². The number of methoxy groups -OCH3 is 1. The number of hydrogen-bond donors (Lipinski definition) is 1. The highest BCUT2D eigenvalue weighted by molar-refractivity contribution is 5.49. The molecule has 1 aromatic heterocycles. The normalized spacial score (nSPS) is 23.5. The van der Waals surface area contributed by atoms with Gasteiger partial charge in [-0.1, -0.05) is 0 Å². The molecule has 5 nitrogen and oxygen atoms in total. The summed E-state index contributed by atoms with van der Waals surface area (Å²) >= 11 is 0. The molecular weight excluding hydrogens is 240 g/mol. The van der Waals surface area contributed by atoms with E-state index in [4.69, 9.17) is 4.74 Å². The first-order valence-electron chi connectivity index (χ1n) is 6.95. The standard InChI is InChI=1S/C14H24N4O/c1-5-15-13-16-9-11(2)12(17-13)18-8-6-7-14(3,10-18)19-4/h9H,5-8,10H2,1-4H3,(H,15,16,17). The molecule has 0 bridgehead atoms. The molecule has 1 aromatic rings. The third-order valence-corrected chi connectivity index (χ3v) is 3.73. The molecule has 2 heterocycles. The lowest BCUT2D eigenvalue weighted by atomic mass is 9.94. The Balaban J connectivity index is 2.22. The fraction of sp³-hybridized carbons (Fsp3) is 0.714. The maximum absolute atomic E-state index is 5.65. The van der Waals surface area contributed by atoms with E-state index in [2.05, 4.69) is 34.0 Å². The van der Waals surface area contributed by atoms with Crippen molar-refractivity contribution in [1.29, 1.82) is 0 Å². The van der Waals surface area contributed by atoms with Crippen LogP contribution in [0.5, 0.6) is 0 Å². The van der Waals surface area contributed by atoms with Gasteiger partial charge >= 0.3 is 0 Å². The van der Waals surface area contributed by atoms with Gasteiger partial charge in [0, 0.05) is 38.5 Å². The summed E-state index contributed by atoms with van der Waals surface area (Å²) in [6, 6.07) is 0. The molecular formula is C14H24N4O. The van der Waals surface area contributed by atoms with Gasteiger partial charge in [-0.15, -0.1) is 0 Å². The highest BCUT2D eigenvalue weighted by Gasteiger charge is 2.32. The molecule has 5 heteroatoms. The van der Waals surface area contributed by atoms with Gasteiger partial charge in [0.15, 0.2) is 0 Å². The first kappa shape index (κ1) is 14.1. The highest BCUT2D eigenvalue weighted by atomic mass is 16.5. The summed E-state index contributed by atoms with van der Waals surface area (Å²) < 4.78 is 5.65. The van der Waals surface area contributed by atoms with E-state index >= 15 is 0 Å². The molecule has 2 rings (SSSR count). The SMILES string of the molecule is CCNc1ncc(C)c(N2CCCC(C)(OC)C2)n1. The Morgan fingerprint density at radius 3 is 3.00 bits per heavy atom.